The molecule has 2 aliphatic heterocycles. The van der Waals surface area contributed by atoms with E-state index in [1.165, 1.54) is 0 Å². The summed E-state index contributed by atoms with van der Waals surface area (Å²) in [6.45, 7) is 16.6. The fourth-order valence-electron chi connectivity index (χ4n) is 7.06. The van der Waals surface area contributed by atoms with Gasteiger partial charge >= 0.3 is 0 Å². The molecule has 3 saturated carbocycles. The van der Waals surface area contributed by atoms with Crippen LogP contribution in [0.2, 0.25) is 0 Å². The number of ether oxygens (including phenoxy) is 2. The molecule has 0 aromatic carbocycles. The third-order valence-electron chi connectivity index (χ3n) is 8.97. The Bertz CT molecular complexity index is 707. The van der Waals surface area contributed by atoms with Crippen molar-refractivity contribution < 1.29 is 19.1 Å². The highest BCUT2D eigenvalue weighted by Gasteiger charge is 2.58. The third-order valence-corrected chi connectivity index (χ3v) is 8.97. The lowest BCUT2D eigenvalue weighted by molar-refractivity contribution is -0.153. The Labute approximate surface area is 193 Å². The predicted molar refractivity (Wildman–Crippen MR) is 124 cm³/mol. The van der Waals surface area contributed by atoms with Crippen molar-refractivity contribution in [2.75, 3.05) is 0 Å². The number of carbonyl (C=O) groups is 2. The first-order valence-electron chi connectivity index (χ1n) is 12.5. The van der Waals surface area contributed by atoms with E-state index in [2.05, 4.69) is 66.0 Å². The van der Waals surface area contributed by atoms with Gasteiger partial charge in [-0.3, -0.25) is 9.59 Å². The first-order chi connectivity index (χ1) is 14.5. The number of carbonyl (C=O) groups excluding carboxylic acids is 2. The van der Waals surface area contributed by atoms with Crippen LogP contribution in [0.5, 0.6) is 0 Å². The Morgan fingerprint density at radius 3 is 1.09 bits per heavy atom. The Hall–Kier alpha value is -1.14. The van der Waals surface area contributed by atoms with Gasteiger partial charge in [-0.1, -0.05) is 0 Å². The zero-order valence-corrected chi connectivity index (χ0v) is 21.4. The first kappa shape index (κ1) is 24.0. The van der Waals surface area contributed by atoms with E-state index >= 15 is 0 Å². The number of hydrogen-bond acceptors (Lipinski definition) is 4. The molecule has 0 radical (unpaired) electrons. The monoisotopic (exact) mass is 448 g/mol. The average Bonchev–Trinajstić information content (AvgIpc) is 3.00. The maximum absolute atomic E-state index is 13.5. The van der Waals surface area contributed by atoms with Crippen LogP contribution < -0.4 is 10.6 Å². The van der Waals surface area contributed by atoms with Gasteiger partial charge in [-0.05, 0) is 107 Å². The molecule has 6 heteroatoms. The molecule has 2 heterocycles. The lowest BCUT2D eigenvalue weighted by Crippen LogP contribution is -2.59. The van der Waals surface area contributed by atoms with Gasteiger partial charge in [0.1, 0.15) is 0 Å². The highest BCUT2D eigenvalue weighted by Crippen LogP contribution is 2.57. The van der Waals surface area contributed by atoms with Crippen LogP contribution in [0.4, 0.5) is 0 Å². The zero-order chi connectivity index (χ0) is 23.8. The van der Waals surface area contributed by atoms with Crippen LogP contribution in [0.1, 0.15) is 107 Å². The Kier molecular flexibility index (Phi) is 5.38. The van der Waals surface area contributed by atoms with Gasteiger partial charge in [-0.2, -0.15) is 0 Å². The SMILES string of the molecule is CC1(C)CC(NC(=O)C23CCC(C(=O)NC4CC(C)(C)OC4(C)C)(CC2)CC3)C(C)(C)O1. The summed E-state index contributed by atoms with van der Waals surface area (Å²) in [6, 6.07) is 0.0356. The van der Waals surface area contributed by atoms with E-state index in [0.29, 0.717) is 0 Å². The highest BCUT2D eigenvalue weighted by molar-refractivity contribution is 5.87. The van der Waals surface area contributed by atoms with Crippen LogP contribution >= 0.6 is 0 Å². The van der Waals surface area contributed by atoms with Crippen molar-refractivity contribution in [3.63, 3.8) is 0 Å². The van der Waals surface area contributed by atoms with Crippen molar-refractivity contribution in [3.8, 4) is 0 Å². The molecule has 2 amide bonds. The van der Waals surface area contributed by atoms with Crippen molar-refractivity contribution in [2.24, 2.45) is 10.8 Å². The van der Waals surface area contributed by atoms with Gasteiger partial charge in [0.25, 0.3) is 0 Å². The van der Waals surface area contributed by atoms with Crippen molar-refractivity contribution in [1.29, 1.82) is 0 Å². The molecule has 5 fully saturated rings. The Morgan fingerprint density at radius 1 is 0.594 bits per heavy atom. The van der Waals surface area contributed by atoms with Gasteiger partial charge in [-0.15, -0.1) is 0 Å². The molecule has 5 rings (SSSR count). The lowest BCUT2D eigenvalue weighted by Gasteiger charge is -2.52. The maximum Gasteiger partial charge on any atom is 0.226 e. The van der Waals surface area contributed by atoms with Crippen LogP contribution in [0.3, 0.4) is 0 Å². The number of amides is 2. The number of fused-ring (bicyclic) bond motifs is 3. The number of nitrogens with one attached hydrogen (secondary N) is 2. The van der Waals surface area contributed by atoms with E-state index in [1.54, 1.807) is 0 Å². The summed E-state index contributed by atoms with van der Waals surface area (Å²) >= 11 is 0. The maximum atomic E-state index is 13.5. The molecule has 5 aliphatic rings. The standard InChI is InChI=1S/C26H44N2O4/c1-21(2)15-17(23(5,6)31-21)27-19(29)25-9-12-26(13-10-25,14-11-25)20(30)28-18-16-22(3,4)32-24(18,7)8/h17-18H,9-16H2,1-8H3,(H,27,29)(H,28,30). The molecule has 2 unspecified atom stereocenters. The Morgan fingerprint density at radius 2 is 0.875 bits per heavy atom. The Balaban J connectivity index is 1.39. The molecule has 2 saturated heterocycles. The first-order valence-corrected chi connectivity index (χ1v) is 12.5. The van der Waals surface area contributed by atoms with Crippen LogP contribution in [0.15, 0.2) is 0 Å². The van der Waals surface area contributed by atoms with Crippen LogP contribution in [-0.4, -0.2) is 46.3 Å². The van der Waals surface area contributed by atoms with Gasteiger partial charge in [-0.25, -0.2) is 0 Å². The molecule has 3 aliphatic carbocycles. The largest absolute Gasteiger partial charge is 0.367 e. The lowest BCUT2D eigenvalue weighted by atomic mass is 9.53. The molecular formula is C26H44N2O4. The second-order valence-corrected chi connectivity index (χ2v) is 13.5. The minimum Gasteiger partial charge on any atom is -0.367 e. The quantitative estimate of drug-likeness (QED) is 0.674. The molecule has 0 aromatic rings. The fraction of sp³-hybridized carbons (Fsp3) is 0.923. The van der Waals surface area contributed by atoms with Gasteiger partial charge in [0, 0.05) is 10.8 Å². The minimum absolute atomic E-state index is 0.0178. The van der Waals surface area contributed by atoms with Gasteiger partial charge in [0.15, 0.2) is 0 Å². The topological polar surface area (TPSA) is 76.7 Å². The second kappa shape index (κ2) is 7.18. The second-order valence-electron chi connectivity index (χ2n) is 13.5. The summed E-state index contributed by atoms with van der Waals surface area (Å²) in [6.07, 6.45) is 6.39. The van der Waals surface area contributed by atoms with E-state index in [4.69, 9.17) is 9.47 Å². The third kappa shape index (κ3) is 4.11. The number of rotatable bonds is 4. The zero-order valence-electron chi connectivity index (χ0n) is 21.4. The van der Waals surface area contributed by atoms with Crippen molar-refractivity contribution in [3.05, 3.63) is 0 Å². The molecule has 2 N–H and O–H groups in total. The summed E-state index contributed by atoms with van der Waals surface area (Å²) in [5.41, 5.74) is -1.85. The summed E-state index contributed by atoms with van der Waals surface area (Å²) in [5, 5.41) is 6.70. The fourth-order valence-corrected chi connectivity index (χ4v) is 7.06. The highest BCUT2D eigenvalue weighted by atomic mass is 16.5. The van der Waals surface area contributed by atoms with E-state index < -0.39 is 0 Å². The molecule has 0 aromatic heterocycles. The van der Waals surface area contributed by atoms with Crippen LogP contribution in [0, 0.1) is 10.8 Å². The minimum atomic E-state index is -0.368. The van der Waals surface area contributed by atoms with Crippen LogP contribution in [0.25, 0.3) is 0 Å². The molecule has 0 spiro atoms. The van der Waals surface area contributed by atoms with E-state index in [1.807, 2.05) is 0 Å². The van der Waals surface area contributed by atoms with E-state index in [9.17, 15) is 9.59 Å². The normalized spacial score (nSPS) is 40.8. The summed E-state index contributed by atoms with van der Waals surface area (Å²) < 4.78 is 12.4. The molecule has 2 atom stereocenters. The van der Waals surface area contributed by atoms with Gasteiger partial charge < -0.3 is 20.1 Å². The summed E-state index contributed by atoms with van der Waals surface area (Å²) in [5.74, 6) is 0.329. The molecule has 32 heavy (non-hydrogen) atoms. The molecular weight excluding hydrogens is 404 g/mol. The van der Waals surface area contributed by atoms with Crippen molar-refractivity contribution in [1.82, 2.24) is 10.6 Å². The summed E-state index contributed by atoms with van der Waals surface area (Å²) in [4.78, 5) is 26.9. The van der Waals surface area contributed by atoms with Gasteiger partial charge in [0.05, 0.1) is 34.5 Å². The molecule has 6 nitrogen and oxygen atoms in total. The predicted octanol–water partition coefficient (Wildman–Crippen LogP) is 4.25. The van der Waals surface area contributed by atoms with Crippen molar-refractivity contribution >= 4 is 11.8 Å². The smallest absolute Gasteiger partial charge is 0.226 e. The van der Waals surface area contributed by atoms with Crippen molar-refractivity contribution in [2.45, 2.75) is 141 Å². The average molecular weight is 449 g/mol. The molecule has 182 valence electrons. The summed E-state index contributed by atoms with van der Waals surface area (Å²) in [7, 11) is 0. The van der Waals surface area contributed by atoms with Crippen LogP contribution in [-0.2, 0) is 19.1 Å². The van der Waals surface area contributed by atoms with E-state index in [0.717, 1.165) is 51.4 Å². The van der Waals surface area contributed by atoms with Gasteiger partial charge in [0.2, 0.25) is 11.8 Å². The van der Waals surface area contributed by atoms with E-state index in [-0.39, 0.29) is 57.1 Å². The molecule has 2 bridgehead atoms. The number of hydrogen-bond donors (Lipinski definition) is 2.